The summed E-state index contributed by atoms with van der Waals surface area (Å²) in [6.45, 7) is 4.91. The molecular formula is C16H18ClN3O3. The number of amides is 1. The summed E-state index contributed by atoms with van der Waals surface area (Å²) >= 11 is 5.97. The predicted molar refractivity (Wildman–Crippen MR) is 87.1 cm³/mol. The number of benzene rings is 1. The van der Waals surface area contributed by atoms with E-state index in [0.717, 1.165) is 5.69 Å². The highest BCUT2D eigenvalue weighted by Crippen LogP contribution is 2.18. The molecule has 0 bridgehead atoms. The molecule has 0 aliphatic rings. The van der Waals surface area contributed by atoms with E-state index in [0.29, 0.717) is 16.3 Å². The molecule has 0 saturated carbocycles. The largest absolute Gasteiger partial charge is 0.481 e. The van der Waals surface area contributed by atoms with Gasteiger partial charge >= 0.3 is 5.97 Å². The fraction of sp³-hybridized carbons (Fsp3) is 0.312. The Morgan fingerprint density at radius 1 is 1.39 bits per heavy atom. The number of carboxylic acid groups (broad SMARTS) is 1. The summed E-state index contributed by atoms with van der Waals surface area (Å²) in [6, 6.07) is 7.14. The van der Waals surface area contributed by atoms with E-state index in [-0.39, 0.29) is 12.5 Å². The second-order valence-electron chi connectivity index (χ2n) is 5.91. The number of carboxylic acids is 1. The lowest BCUT2D eigenvalue weighted by Gasteiger charge is -2.19. The third-order valence-electron chi connectivity index (χ3n) is 3.58. The zero-order chi connectivity index (χ0) is 17.2. The van der Waals surface area contributed by atoms with Crippen molar-refractivity contribution >= 4 is 23.5 Å². The molecule has 0 spiro atoms. The van der Waals surface area contributed by atoms with Crippen molar-refractivity contribution in [3.63, 3.8) is 0 Å². The minimum Gasteiger partial charge on any atom is -0.481 e. The first-order chi connectivity index (χ1) is 10.7. The molecule has 0 saturated heterocycles. The summed E-state index contributed by atoms with van der Waals surface area (Å²) in [4.78, 5) is 23.3. The number of nitrogens with zero attached hydrogens (tertiary/aromatic N) is 2. The van der Waals surface area contributed by atoms with Crippen LogP contribution >= 0.6 is 11.6 Å². The average molecular weight is 336 g/mol. The molecule has 0 atom stereocenters. The van der Waals surface area contributed by atoms with Gasteiger partial charge in [-0.05, 0) is 39.0 Å². The zero-order valence-corrected chi connectivity index (χ0v) is 13.9. The molecular weight excluding hydrogens is 318 g/mol. The van der Waals surface area contributed by atoms with E-state index in [1.54, 1.807) is 43.7 Å². The fourth-order valence-corrected chi connectivity index (χ4v) is 2.16. The Kier molecular flexibility index (Phi) is 4.75. The molecule has 122 valence electrons. The molecule has 1 aromatic heterocycles. The summed E-state index contributed by atoms with van der Waals surface area (Å²) < 4.78 is 1.61. The highest BCUT2D eigenvalue weighted by molar-refractivity contribution is 6.30. The van der Waals surface area contributed by atoms with Crippen LogP contribution in [0.1, 0.15) is 29.9 Å². The summed E-state index contributed by atoms with van der Waals surface area (Å²) in [5.41, 5.74) is 0.760. The van der Waals surface area contributed by atoms with Crippen LogP contribution in [0.15, 0.2) is 30.5 Å². The molecule has 2 N–H and O–H groups in total. The second kappa shape index (κ2) is 6.42. The Labute approximate surface area is 139 Å². The maximum Gasteiger partial charge on any atom is 0.310 e. The molecule has 0 aliphatic carbocycles. The lowest BCUT2D eigenvalue weighted by atomic mass is 9.94. The lowest BCUT2D eigenvalue weighted by molar-refractivity contribution is -0.146. The monoisotopic (exact) mass is 335 g/mol. The van der Waals surface area contributed by atoms with Gasteiger partial charge in [0.1, 0.15) is 0 Å². The van der Waals surface area contributed by atoms with Gasteiger partial charge in [0.05, 0.1) is 28.6 Å². The van der Waals surface area contributed by atoms with E-state index in [1.165, 1.54) is 6.20 Å². The van der Waals surface area contributed by atoms with Crippen LogP contribution in [0.4, 0.5) is 0 Å². The van der Waals surface area contributed by atoms with Crippen molar-refractivity contribution in [3.8, 4) is 5.69 Å². The molecule has 7 heteroatoms. The third-order valence-corrected chi connectivity index (χ3v) is 3.81. The maximum absolute atomic E-state index is 12.3. The normalized spacial score (nSPS) is 11.3. The van der Waals surface area contributed by atoms with Crippen LogP contribution in [0.3, 0.4) is 0 Å². The molecule has 1 amide bonds. The standard InChI is InChI=1S/C16H18ClN3O3/c1-10-13(14(21)18-9-16(2,3)15(22)23)8-19-20(10)12-6-4-5-11(17)7-12/h4-8H,9H2,1-3H3,(H,18,21)(H,22,23). The van der Waals surface area contributed by atoms with Gasteiger partial charge in [-0.1, -0.05) is 17.7 Å². The van der Waals surface area contributed by atoms with Gasteiger partial charge < -0.3 is 10.4 Å². The Morgan fingerprint density at radius 3 is 2.70 bits per heavy atom. The molecule has 23 heavy (non-hydrogen) atoms. The Hall–Kier alpha value is -2.34. The minimum atomic E-state index is -1.04. The van der Waals surface area contributed by atoms with E-state index in [9.17, 15) is 9.59 Å². The summed E-state index contributed by atoms with van der Waals surface area (Å²) in [7, 11) is 0. The number of carbonyl (C=O) groups is 2. The van der Waals surface area contributed by atoms with Crippen molar-refractivity contribution in [2.75, 3.05) is 6.54 Å². The number of hydrogen-bond acceptors (Lipinski definition) is 3. The van der Waals surface area contributed by atoms with E-state index in [4.69, 9.17) is 16.7 Å². The van der Waals surface area contributed by atoms with Crippen LogP contribution in [0, 0.1) is 12.3 Å². The Morgan fingerprint density at radius 2 is 2.09 bits per heavy atom. The molecule has 0 radical (unpaired) electrons. The van der Waals surface area contributed by atoms with Gasteiger partial charge in [0.25, 0.3) is 5.91 Å². The number of rotatable bonds is 5. The van der Waals surface area contributed by atoms with E-state index in [1.807, 2.05) is 6.07 Å². The van der Waals surface area contributed by atoms with Crippen molar-refractivity contribution in [1.82, 2.24) is 15.1 Å². The molecule has 1 heterocycles. The van der Waals surface area contributed by atoms with Gasteiger partial charge in [0.15, 0.2) is 0 Å². The van der Waals surface area contributed by atoms with Gasteiger partial charge in [0, 0.05) is 11.6 Å². The van der Waals surface area contributed by atoms with Crippen LogP contribution in [0.2, 0.25) is 5.02 Å². The topological polar surface area (TPSA) is 84.2 Å². The van der Waals surface area contributed by atoms with Gasteiger partial charge in [-0.2, -0.15) is 5.10 Å². The predicted octanol–water partition coefficient (Wildman–Crippen LogP) is 2.67. The first-order valence-corrected chi connectivity index (χ1v) is 7.42. The quantitative estimate of drug-likeness (QED) is 0.879. The summed E-state index contributed by atoms with van der Waals surface area (Å²) in [6.07, 6.45) is 1.46. The smallest absolute Gasteiger partial charge is 0.310 e. The molecule has 0 unspecified atom stereocenters. The van der Waals surface area contributed by atoms with Crippen molar-refractivity contribution in [3.05, 3.63) is 46.7 Å². The van der Waals surface area contributed by atoms with Crippen molar-refractivity contribution in [1.29, 1.82) is 0 Å². The second-order valence-corrected chi connectivity index (χ2v) is 6.34. The fourth-order valence-electron chi connectivity index (χ4n) is 1.97. The first kappa shape index (κ1) is 17.0. The maximum atomic E-state index is 12.3. The van der Waals surface area contributed by atoms with Gasteiger partial charge in [-0.15, -0.1) is 0 Å². The SMILES string of the molecule is Cc1c(C(=O)NCC(C)(C)C(=O)O)cnn1-c1cccc(Cl)c1. The molecule has 2 rings (SSSR count). The first-order valence-electron chi connectivity index (χ1n) is 7.04. The molecule has 1 aromatic carbocycles. The summed E-state index contributed by atoms with van der Waals surface area (Å²) in [5, 5.41) is 16.5. The van der Waals surface area contributed by atoms with Gasteiger partial charge in [-0.3, -0.25) is 9.59 Å². The average Bonchev–Trinajstić information content (AvgIpc) is 2.86. The zero-order valence-electron chi connectivity index (χ0n) is 13.1. The number of halogens is 1. The number of aliphatic carboxylic acids is 1. The van der Waals surface area contributed by atoms with Crippen molar-refractivity contribution < 1.29 is 14.7 Å². The summed E-state index contributed by atoms with van der Waals surface area (Å²) in [5.74, 6) is -1.32. The van der Waals surface area contributed by atoms with E-state index < -0.39 is 11.4 Å². The molecule has 2 aromatic rings. The van der Waals surface area contributed by atoms with E-state index in [2.05, 4.69) is 10.4 Å². The number of nitrogens with one attached hydrogen (secondary N) is 1. The molecule has 0 fully saturated rings. The van der Waals surface area contributed by atoms with Crippen molar-refractivity contribution in [2.45, 2.75) is 20.8 Å². The van der Waals surface area contributed by atoms with Crippen LogP contribution in [0.5, 0.6) is 0 Å². The third kappa shape index (κ3) is 3.71. The molecule has 0 aliphatic heterocycles. The van der Waals surface area contributed by atoms with E-state index >= 15 is 0 Å². The highest BCUT2D eigenvalue weighted by Gasteiger charge is 2.28. The number of aromatic nitrogens is 2. The van der Waals surface area contributed by atoms with Gasteiger partial charge in [-0.25, -0.2) is 4.68 Å². The Balaban J connectivity index is 2.19. The van der Waals surface area contributed by atoms with Gasteiger partial charge in [0.2, 0.25) is 0 Å². The van der Waals surface area contributed by atoms with Crippen LogP contribution in [0.25, 0.3) is 5.69 Å². The molecule has 6 nitrogen and oxygen atoms in total. The van der Waals surface area contributed by atoms with Crippen molar-refractivity contribution in [2.24, 2.45) is 5.41 Å². The van der Waals surface area contributed by atoms with Crippen LogP contribution in [-0.2, 0) is 4.79 Å². The minimum absolute atomic E-state index is 0.0307. The number of carbonyl (C=O) groups excluding carboxylic acids is 1. The van der Waals surface area contributed by atoms with Crippen LogP contribution < -0.4 is 5.32 Å². The number of hydrogen-bond donors (Lipinski definition) is 2. The Bertz CT molecular complexity index is 753. The lowest BCUT2D eigenvalue weighted by Crippen LogP contribution is -2.39. The highest BCUT2D eigenvalue weighted by atomic mass is 35.5. The van der Waals surface area contributed by atoms with Crippen LogP contribution in [-0.4, -0.2) is 33.3 Å².